The fourth-order valence-corrected chi connectivity index (χ4v) is 2.13. The van der Waals surface area contributed by atoms with Gasteiger partial charge in [0.15, 0.2) is 0 Å². The molecule has 0 radical (unpaired) electrons. The summed E-state index contributed by atoms with van der Waals surface area (Å²) in [5.41, 5.74) is 6.54. The minimum absolute atomic E-state index is 0.0797. The van der Waals surface area contributed by atoms with Crippen LogP contribution in [0.15, 0.2) is 12.1 Å². The van der Waals surface area contributed by atoms with Gasteiger partial charge in [-0.05, 0) is 18.6 Å². The first kappa shape index (κ1) is 12.6. The summed E-state index contributed by atoms with van der Waals surface area (Å²) < 4.78 is 0. The zero-order valence-electron chi connectivity index (χ0n) is 8.63. The Hall–Kier alpha value is -0.440. The average molecular weight is 248 g/mol. The highest BCUT2D eigenvalue weighted by molar-refractivity contribution is 6.35. The third-order valence-electron chi connectivity index (χ3n) is 2.31. The molecule has 2 nitrogen and oxygen atoms in total. The lowest BCUT2D eigenvalue weighted by atomic mass is 10.0. The molecule has 1 rings (SSSR count). The van der Waals surface area contributed by atoms with E-state index in [1.807, 2.05) is 0 Å². The second-order valence-corrected chi connectivity index (χ2v) is 4.41. The van der Waals surface area contributed by atoms with Crippen LogP contribution >= 0.6 is 23.2 Å². The molecule has 1 aromatic carbocycles. The molecule has 0 aliphatic heterocycles. The molecule has 0 bridgehead atoms. The predicted octanol–water partition coefficient (Wildman–Crippen LogP) is 3.89. The summed E-state index contributed by atoms with van der Waals surface area (Å²) in [7, 11) is 0. The topological polar surface area (TPSA) is 46.2 Å². The van der Waals surface area contributed by atoms with Crippen molar-refractivity contribution in [2.75, 3.05) is 0 Å². The van der Waals surface area contributed by atoms with Crippen LogP contribution in [0.1, 0.15) is 37.8 Å². The highest BCUT2D eigenvalue weighted by Gasteiger charge is 2.15. The van der Waals surface area contributed by atoms with E-state index in [1.54, 1.807) is 6.07 Å². The highest BCUT2D eigenvalue weighted by Crippen LogP contribution is 2.35. The molecule has 0 unspecified atom stereocenters. The molecule has 15 heavy (non-hydrogen) atoms. The van der Waals surface area contributed by atoms with Gasteiger partial charge in [0, 0.05) is 16.6 Å². The van der Waals surface area contributed by atoms with Gasteiger partial charge in [-0.15, -0.1) is 0 Å². The van der Waals surface area contributed by atoms with Crippen LogP contribution < -0.4 is 5.73 Å². The van der Waals surface area contributed by atoms with Crippen molar-refractivity contribution in [3.05, 3.63) is 27.7 Å². The van der Waals surface area contributed by atoms with Crippen molar-refractivity contribution in [3.63, 3.8) is 0 Å². The first-order valence-electron chi connectivity index (χ1n) is 4.99. The smallest absolute Gasteiger partial charge is 0.123 e. The molecule has 0 saturated carbocycles. The zero-order chi connectivity index (χ0) is 11.4. The van der Waals surface area contributed by atoms with Gasteiger partial charge >= 0.3 is 0 Å². The molecule has 1 atom stereocenters. The second kappa shape index (κ2) is 5.59. The van der Waals surface area contributed by atoms with E-state index in [0.717, 1.165) is 19.3 Å². The lowest BCUT2D eigenvalue weighted by Crippen LogP contribution is -2.10. The zero-order valence-corrected chi connectivity index (χ0v) is 10.1. The van der Waals surface area contributed by atoms with E-state index < -0.39 is 0 Å². The molecule has 0 saturated heterocycles. The average Bonchev–Trinajstić information content (AvgIpc) is 2.12. The number of benzene rings is 1. The van der Waals surface area contributed by atoms with Crippen LogP contribution in [0, 0.1) is 0 Å². The lowest BCUT2D eigenvalue weighted by molar-refractivity contribution is 0.457. The molecule has 0 amide bonds. The maximum absolute atomic E-state index is 9.69. The van der Waals surface area contributed by atoms with E-state index in [-0.39, 0.29) is 11.8 Å². The maximum atomic E-state index is 9.69. The van der Waals surface area contributed by atoms with Crippen molar-refractivity contribution in [2.45, 2.75) is 32.2 Å². The van der Waals surface area contributed by atoms with Gasteiger partial charge in [-0.1, -0.05) is 43.0 Å². The van der Waals surface area contributed by atoms with Crippen LogP contribution in [0.3, 0.4) is 0 Å². The standard InChI is InChI=1S/C11H15Cl2NO/c1-2-3-4-9(14)11-8(13)5-7(12)6-10(11)15/h5-6,9,15H,2-4,14H2,1H3/t9-/m0/s1. The Balaban J connectivity index is 2.92. The Morgan fingerprint density at radius 3 is 2.60 bits per heavy atom. The van der Waals surface area contributed by atoms with Gasteiger partial charge in [0.25, 0.3) is 0 Å². The molecule has 84 valence electrons. The van der Waals surface area contributed by atoms with E-state index in [1.165, 1.54) is 6.07 Å². The first-order valence-corrected chi connectivity index (χ1v) is 5.75. The number of phenolic OH excluding ortho intramolecular Hbond substituents is 1. The van der Waals surface area contributed by atoms with Gasteiger partial charge in [0.1, 0.15) is 5.75 Å². The molecule has 4 heteroatoms. The summed E-state index contributed by atoms with van der Waals surface area (Å²) in [5.74, 6) is 0.0797. The number of aromatic hydroxyl groups is 1. The van der Waals surface area contributed by atoms with E-state index in [0.29, 0.717) is 15.6 Å². The predicted molar refractivity (Wildman–Crippen MR) is 64.6 cm³/mol. The third kappa shape index (κ3) is 3.26. The Morgan fingerprint density at radius 1 is 1.40 bits per heavy atom. The molecule has 3 N–H and O–H groups in total. The molecule has 0 aliphatic carbocycles. The maximum Gasteiger partial charge on any atom is 0.123 e. The van der Waals surface area contributed by atoms with E-state index >= 15 is 0 Å². The number of hydrogen-bond acceptors (Lipinski definition) is 2. The summed E-state index contributed by atoms with van der Waals surface area (Å²) in [5, 5.41) is 10.5. The number of hydrogen-bond donors (Lipinski definition) is 2. The van der Waals surface area contributed by atoms with E-state index in [2.05, 4.69) is 6.92 Å². The molecule has 0 spiro atoms. The highest BCUT2D eigenvalue weighted by atomic mass is 35.5. The fraction of sp³-hybridized carbons (Fsp3) is 0.455. The summed E-state index contributed by atoms with van der Waals surface area (Å²) in [6.07, 6.45) is 2.89. The lowest BCUT2D eigenvalue weighted by Gasteiger charge is -2.15. The minimum Gasteiger partial charge on any atom is -0.508 e. The molecule has 0 fully saturated rings. The molecular weight excluding hydrogens is 233 g/mol. The summed E-state index contributed by atoms with van der Waals surface area (Å²) in [6, 6.07) is 2.84. The Bertz CT molecular complexity index is 318. The van der Waals surface area contributed by atoms with Gasteiger partial charge in [-0.25, -0.2) is 0 Å². The summed E-state index contributed by atoms with van der Waals surface area (Å²) in [6.45, 7) is 2.09. The summed E-state index contributed by atoms with van der Waals surface area (Å²) >= 11 is 11.7. The number of phenols is 1. The first-order chi connectivity index (χ1) is 7.06. The van der Waals surface area contributed by atoms with Crippen LogP contribution in [0.4, 0.5) is 0 Å². The Morgan fingerprint density at radius 2 is 2.07 bits per heavy atom. The molecule has 0 aromatic heterocycles. The van der Waals surface area contributed by atoms with Crippen molar-refractivity contribution in [2.24, 2.45) is 5.73 Å². The van der Waals surface area contributed by atoms with Crippen molar-refractivity contribution < 1.29 is 5.11 Å². The second-order valence-electron chi connectivity index (χ2n) is 3.57. The van der Waals surface area contributed by atoms with Crippen molar-refractivity contribution >= 4 is 23.2 Å². The van der Waals surface area contributed by atoms with Crippen molar-refractivity contribution in [1.82, 2.24) is 0 Å². The minimum atomic E-state index is -0.227. The molecule has 1 aromatic rings. The quantitative estimate of drug-likeness (QED) is 0.849. The van der Waals surface area contributed by atoms with Gasteiger partial charge in [0.05, 0.1) is 5.02 Å². The number of nitrogens with two attached hydrogens (primary N) is 1. The monoisotopic (exact) mass is 247 g/mol. The molecule has 0 heterocycles. The van der Waals surface area contributed by atoms with Crippen LogP contribution in [0.2, 0.25) is 10.0 Å². The van der Waals surface area contributed by atoms with Crippen LogP contribution in [0.25, 0.3) is 0 Å². The van der Waals surface area contributed by atoms with Crippen LogP contribution in [-0.4, -0.2) is 5.11 Å². The number of unbranched alkanes of at least 4 members (excludes halogenated alkanes) is 1. The fourth-order valence-electron chi connectivity index (χ4n) is 1.51. The van der Waals surface area contributed by atoms with Gasteiger partial charge in [0.2, 0.25) is 0 Å². The van der Waals surface area contributed by atoms with E-state index in [4.69, 9.17) is 28.9 Å². The normalized spacial score (nSPS) is 12.8. The van der Waals surface area contributed by atoms with Crippen molar-refractivity contribution in [1.29, 1.82) is 0 Å². The SMILES string of the molecule is CCCC[C@H](N)c1c(O)cc(Cl)cc1Cl. The van der Waals surface area contributed by atoms with Crippen molar-refractivity contribution in [3.8, 4) is 5.75 Å². The third-order valence-corrected chi connectivity index (χ3v) is 2.84. The summed E-state index contributed by atoms with van der Waals surface area (Å²) in [4.78, 5) is 0. The van der Waals surface area contributed by atoms with Gasteiger partial charge in [-0.2, -0.15) is 0 Å². The number of rotatable bonds is 4. The van der Waals surface area contributed by atoms with Gasteiger partial charge < -0.3 is 10.8 Å². The molecular formula is C11H15Cl2NO. The van der Waals surface area contributed by atoms with Gasteiger partial charge in [-0.3, -0.25) is 0 Å². The van der Waals surface area contributed by atoms with Crippen LogP contribution in [-0.2, 0) is 0 Å². The molecule has 0 aliphatic rings. The number of halogens is 2. The van der Waals surface area contributed by atoms with Crippen LogP contribution in [0.5, 0.6) is 5.75 Å². The largest absolute Gasteiger partial charge is 0.508 e. The van der Waals surface area contributed by atoms with E-state index in [9.17, 15) is 5.11 Å². The Labute approximate surface area is 100.0 Å². The Kier molecular flexibility index (Phi) is 4.71.